The van der Waals surface area contributed by atoms with Gasteiger partial charge in [0, 0.05) is 16.8 Å². The quantitative estimate of drug-likeness (QED) is 0.541. The zero-order chi connectivity index (χ0) is 20.7. The number of nitrogens with one attached hydrogen (secondary N) is 1. The van der Waals surface area contributed by atoms with Gasteiger partial charge in [0.1, 0.15) is 5.60 Å². The molecule has 3 aromatic carbocycles. The Morgan fingerprint density at radius 1 is 0.828 bits per heavy atom. The van der Waals surface area contributed by atoms with Crippen LogP contribution < -0.4 is 5.32 Å². The summed E-state index contributed by atoms with van der Waals surface area (Å²) in [5, 5.41) is 2.84. The van der Waals surface area contributed by atoms with Gasteiger partial charge in [-0.1, -0.05) is 78.9 Å². The summed E-state index contributed by atoms with van der Waals surface area (Å²) in [4.78, 5) is 17.1. The highest BCUT2D eigenvalue weighted by Gasteiger charge is 2.17. The predicted octanol–water partition coefficient (Wildman–Crippen LogP) is 6.07. The lowest BCUT2D eigenvalue weighted by Gasteiger charge is -2.20. The first kappa shape index (κ1) is 20.3. The number of ether oxygens (including phenoxy) is 1. The fraction of sp³-hybridized carbons (Fsp3) is 0.200. The lowest BCUT2D eigenvalue weighted by molar-refractivity contribution is 0.0636. The van der Waals surface area contributed by atoms with Gasteiger partial charge in [-0.2, -0.15) is 0 Å². The Kier molecular flexibility index (Phi) is 6.45. The van der Waals surface area contributed by atoms with E-state index >= 15 is 0 Å². The molecule has 0 unspecified atom stereocenters. The Morgan fingerprint density at radius 3 is 1.90 bits per heavy atom. The second kappa shape index (κ2) is 9.20. The Labute approximate surface area is 172 Å². The van der Waals surface area contributed by atoms with Gasteiger partial charge in [-0.05, 0) is 32.4 Å². The molecule has 0 atom stereocenters. The van der Waals surface area contributed by atoms with Crippen LogP contribution in [-0.2, 0) is 11.3 Å². The van der Waals surface area contributed by atoms with Gasteiger partial charge in [0.05, 0.1) is 12.3 Å². The number of aliphatic imine (C=N–C) groups is 1. The van der Waals surface area contributed by atoms with Gasteiger partial charge in [-0.3, -0.25) is 10.3 Å². The zero-order valence-corrected chi connectivity index (χ0v) is 17.1. The number of hydrogen-bond donors (Lipinski definition) is 1. The number of hydrogen-bond acceptors (Lipinski definition) is 3. The number of carbonyl (C=O) groups is 1. The second-order valence-electron chi connectivity index (χ2n) is 7.68. The summed E-state index contributed by atoms with van der Waals surface area (Å²) in [6, 6.07) is 27.9. The molecule has 4 nitrogen and oxygen atoms in total. The number of carbonyl (C=O) groups excluding carboxylic acids is 1. The first-order valence-electron chi connectivity index (χ1n) is 9.65. The maximum atomic E-state index is 12.2. The molecule has 29 heavy (non-hydrogen) atoms. The van der Waals surface area contributed by atoms with Crippen molar-refractivity contribution in [3.63, 3.8) is 0 Å². The molecule has 0 aromatic heterocycles. The zero-order valence-electron chi connectivity index (χ0n) is 17.1. The van der Waals surface area contributed by atoms with Crippen LogP contribution in [0.15, 0.2) is 89.9 Å². The van der Waals surface area contributed by atoms with E-state index in [0.29, 0.717) is 12.2 Å². The largest absolute Gasteiger partial charge is 0.444 e. The van der Waals surface area contributed by atoms with Gasteiger partial charge < -0.3 is 4.74 Å². The smallest absolute Gasteiger partial charge is 0.412 e. The number of amides is 1. The third kappa shape index (κ3) is 6.04. The Bertz CT molecular complexity index is 933. The molecular weight excluding hydrogens is 360 g/mol. The van der Waals surface area contributed by atoms with Crippen LogP contribution in [0.4, 0.5) is 10.5 Å². The molecule has 0 aliphatic carbocycles. The molecule has 1 amide bonds. The molecule has 0 bridgehead atoms. The number of rotatable bonds is 5. The Hall–Kier alpha value is -3.40. The average Bonchev–Trinajstić information content (AvgIpc) is 2.69. The molecule has 148 valence electrons. The van der Waals surface area contributed by atoms with Gasteiger partial charge in [-0.25, -0.2) is 4.79 Å². The van der Waals surface area contributed by atoms with Crippen molar-refractivity contribution in [1.82, 2.24) is 0 Å². The van der Waals surface area contributed by atoms with E-state index in [1.807, 2.05) is 81.4 Å². The molecule has 0 heterocycles. The summed E-state index contributed by atoms with van der Waals surface area (Å²) in [5.74, 6) is 0. The number of benzene rings is 3. The summed E-state index contributed by atoms with van der Waals surface area (Å²) in [6.45, 7) is 5.96. The van der Waals surface area contributed by atoms with Crippen LogP contribution in [0.3, 0.4) is 0 Å². The number of anilines is 1. The highest BCUT2D eigenvalue weighted by atomic mass is 16.6. The SMILES string of the molecule is CC(C)(C)OC(=O)Nc1ccccc1CN=C(c1ccccc1)c1ccccc1. The van der Waals surface area contributed by atoms with E-state index in [-0.39, 0.29) is 0 Å². The molecule has 0 aliphatic rings. The lowest BCUT2D eigenvalue weighted by Crippen LogP contribution is -2.27. The minimum absolute atomic E-state index is 0.436. The van der Waals surface area contributed by atoms with Crippen LogP contribution in [0.5, 0.6) is 0 Å². The summed E-state index contributed by atoms with van der Waals surface area (Å²) in [7, 11) is 0. The minimum Gasteiger partial charge on any atom is -0.444 e. The van der Waals surface area contributed by atoms with Gasteiger partial charge in [0.25, 0.3) is 0 Å². The van der Waals surface area contributed by atoms with Crippen LogP contribution in [0.1, 0.15) is 37.5 Å². The molecule has 0 aliphatic heterocycles. The van der Waals surface area contributed by atoms with Gasteiger partial charge >= 0.3 is 6.09 Å². The van der Waals surface area contributed by atoms with E-state index in [0.717, 1.165) is 22.4 Å². The maximum absolute atomic E-state index is 12.2. The van der Waals surface area contributed by atoms with Crippen molar-refractivity contribution in [3.8, 4) is 0 Å². The molecule has 3 aromatic rings. The van der Waals surface area contributed by atoms with E-state index in [9.17, 15) is 4.79 Å². The van der Waals surface area contributed by atoms with Crippen molar-refractivity contribution >= 4 is 17.5 Å². The normalized spacial score (nSPS) is 10.9. The van der Waals surface area contributed by atoms with Crippen molar-refractivity contribution in [2.45, 2.75) is 32.9 Å². The van der Waals surface area contributed by atoms with Crippen molar-refractivity contribution in [1.29, 1.82) is 0 Å². The lowest BCUT2D eigenvalue weighted by atomic mass is 10.0. The summed E-state index contributed by atoms with van der Waals surface area (Å²) < 4.78 is 5.38. The molecule has 0 radical (unpaired) electrons. The standard InChI is InChI=1S/C25H26N2O2/c1-25(2,3)29-24(28)27-22-17-11-10-16-21(22)18-26-23(19-12-6-4-7-13-19)20-14-8-5-9-15-20/h4-17H,18H2,1-3H3,(H,27,28). The van der Waals surface area contributed by atoms with Crippen LogP contribution >= 0.6 is 0 Å². The summed E-state index contributed by atoms with van der Waals surface area (Å²) >= 11 is 0. The van der Waals surface area contributed by atoms with Crippen molar-refractivity contribution in [2.75, 3.05) is 5.32 Å². The van der Waals surface area contributed by atoms with E-state index in [1.54, 1.807) is 0 Å². The van der Waals surface area contributed by atoms with Gasteiger partial charge in [-0.15, -0.1) is 0 Å². The monoisotopic (exact) mass is 386 g/mol. The summed E-state index contributed by atoms with van der Waals surface area (Å²) in [6.07, 6.45) is -0.472. The Morgan fingerprint density at radius 2 is 1.34 bits per heavy atom. The molecule has 3 rings (SSSR count). The van der Waals surface area contributed by atoms with E-state index in [2.05, 4.69) is 29.6 Å². The van der Waals surface area contributed by atoms with Crippen molar-refractivity contribution < 1.29 is 9.53 Å². The molecule has 0 saturated heterocycles. The summed E-state index contributed by atoms with van der Waals surface area (Å²) in [5.41, 5.74) is 4.09. The fourth-order valence-corrected chi connectivity index (χ4v) is 2.90. The van der Waals surface area contributed by atoms with E-state index < -0.39 is 11.7 Å². The first-order valence-corrected chi connectivity index (χ1v) is 9.65. The molecular formula is C25H26N2O2. The number of nitrogens with zero attached hydrogens (tertiary/aromatic N) is 1. The van der Waals surface area contributed by atoms with Gasteiger partial charge in [0.2, 0.25) is 0 Å². The van der Waals surface area contributed by atoms with E-state index in [4.69, 9.17) is 9.73 Å². The highest BCUT2D eigenvalue weighted by molar-refractivity contribution is 6.12. The average molecular weight is 386 g/mol. The first-order chi connectivity index (χ1) is 13.9. The second-order valence-corrected chi connectivity index (χ2v) is 7.68. The third-order valence-corrected chi connectivity index (χ3v) is 4.15. The number of para-hydroxylation sites is 1. The van der Waals surface area contributed by atoms with Crippen LogP contribution in [0.2, 0.25) is 0 Å². The highest BCUT2D eigenvalue weighted by Crippen LogP contribution is 2.19. The van der Waals surface area contributed by atoms with Crippen LogP contribution in [0.25, 0.3) is 0 Å². The van der Waals surface area contributed by atoms with Crippen molar-refractivity contribution in [3.05, 3.63) is 102 Å². The topological polar surface area (TPSA) is 50.7 Å². The Balaban J connectivity index is 1.88. The maximum Gasteiger partial charge on any atom is 0.412 e. The molecule has 0 spiro atoms. The van der Waals surface area contributed by atoms with Crippen molar-refractivity contribution in [2.24, 2.45) is 4.99 Å². The third-order valence-electron chi connectivity index (χ3n) is 4.15. The molecule has 4 heteroatoms. The van der Waals surface area contributed by atoms with E-state index in [1.165, 1.54) is 0 Å². The molecule has 1 N–H and O–H groups in total. The minimum atomic E-state index is -0.551. The van der Waals surface area contributed by atoms with Gasteiger partial charge in [0.15, 0.2) is 0 Å². The molecule has 0 saturated carbocycles. The fourth-order valence-electron chi connectivity index (χ4n) is 2.90. The van der Waals surface area contributed by atoms with Crippen LogP contribution in [0, 0.1) is 0 Å². The molecule has 0 fully saturated rings. The van der Waals surface area contributed by atoms with Crippen LogP contribution in [-0.4, -0.2) is 17.4 Å². The predicted molar refractivity (Wildman–Crippen MR) is 119 cm³/mol.